The molecule has 0 saturated carbocycles. The van der Waals surface area contributed by atoms with Crippen molar-refractivity contribution in [3.8, 4) is 11.5 Å². The molecule has 0 spiro atoms. The van der Waals surface area contributed by atoms with Gasteiger partial charge in [0.2, 0.25) is 5.91 Å². The van der Waals surface area contributed by atoms with Gasteiger partial charge in [0.1, 0.15) is 10.9 Å². The Morgan fingerprint density at radius 3 is 2.59 bits per heavy atom. The molecule has 9 heteroatoms. The van der Waals surface area contributed by atoms with Gasteiger partial charge in [0.15, 0.2) is 11.5 Å². The van der Waals surface area contributed by atoms with Crippen LogP contribution in [0.15, 0.2) is 42.5 Å². The average molecular weight is 445 g/mol. The molecule has 0 fully saturated rings. The van der Waals surface area contributed by atoms with Crippen molar-refractivity contribution in [2.24, 2.45) is 0 Å². The first-order valence-electron chi connectivity index (χ1n) is 7.91. The Bertz CT molecular complexity index is 806. The van der Waals surface area contributed by atoms with Crippen LogP contribution in [0.3, 0.4) is 0 Å². The Labute approximate surface area is 177 Å². The van der Waals surface area contributed by atoms with Gasteiger partial charge in [0, 0.05) is 5.69 Å². The second kappa shape index (κ2) is 11.2. The number of carbonyl (C=O) groups excluding carboxylic acids is 1. The van der Waals surface area contributed by atoms with Gasteiger partial charge in [-0.05, 0) is 30.3 Å². The maximum atomic E-state index is 12.0. The molecule has 0 aliphatic heterocycles. The molecule has 1 amide bonds. The summed E-state index contributed by atoms with van der Waals surface area (Å²) < 4.78 is 11.4. The lowest BCUT2D eigenvalue weighted by atomic mass is 10.3. The quantitative estimate of drug-likeness (QED) is 0.457. The van der Waals surface area contributed by atoms with E-state index in [1.165, 1.54) is 11.8 Å². The Morgan fingerprint density at radius 2 is 1.89 bits per heavy atom. The highest BCUT2D eigenvalue weighted by Gasteiger charge is 2.07. The molecule has 0 aromatic heterocycles. The van der Waals surface area contributed by atoms with Crippen molar-refractivity contribution >= 4 is 63.1 Å². The molecule has 144 valence electrons. The van der Waals surface area contributed by atoms with Gasteiger partial charge in [-0.15, -0.1) is 0 Å². The topological polar surface area (TPSA) is 59.6 Å². The summed E-state index contributed by atoms with van der Waals surface area (Å²) in [5, 5.41) is 6.59. The lowest BCUT2D eigenvalue weighted by Crippen LogP contribution is -2.26. The number of rotatable bonds is 8. The first-order valence-corrected chi connectivity index (χ1v) is 10.1. The minimum atomic E-state index is -0.187. The van der Waals surface area contributed by atoms with E-state index in [4.69, 9.17) is 44.9 Å². The number of hydrogen-bond acceptors (Lipinski definition) is 5. The minimum absolute atomic E-state index is 0.180. The van der Waals surface area contributed by atoms with Crippen LogP contribution in [-0.2, 0) is 4.79 Å². The molecule has 2 aromatic rings. The normalized spacial score (nSPS) is 10.2. The molecular weight excluding hydrogens is 427 g/mol. The molecule has 27 heavy (non-hydrogen) atoms. The van der Waals surface area contributed by atoms with E-state index < -0.39 is 0 Å². The molecule has 5 nitrogen and oxygen atoms in total. The molecule has 0 aliphatic rings. The maximum Gasteiger partial charge on any atom is 0.234 e. The van der Waals surface area contributed by atoms with E-state index in [0.29, 0.717) is 44.7 Å². The number of hydrogen-bond donors (Lipinski definition) is 2. The summed E-state index contributed by atoms with van der Waals surface area (Å²) in [6, 6.07) is 12.3. The van der Waals surface area contributed by atoms with Crippen molar-refractivity contribution in [2.45, 2.75) is 0 Å². The second-order valence-corrected chi connectivity index (χ2v) is 7.65. The number of thioether (sulfide) groups is 1. The van der Waals surface area contributed by atoms with E-state index in [2.05, 4.69) is 10.6 Å². The number of benzene rings is 2. The molecular formula is C18H18Cl2N2O3S2. The van der Waals surface area contributed by atoms with Gasteiger partial charge in [-0.1, -0.05) is 59.3 Å². The highest BCUT2D eigenvalue weighted by atomic mass is 35.5. The highest BCUT2D eigenvalue weighted by molar-refractivity contribution is 8.23. The van der Waals surface area contributed by atoms with Crippen LogP contribution in [0.25, 0.3) is 0 Å². The van der Waals surface area contributed by atoms with Crippen molar-refractivity contribution in [1.82, 2.24) is 5.32 Å². The molecule has 0 radical (unpaired) electrons. The van der Waals surface area contributed by atoms with Crippen LogP contribution >= 0.6 is 47.2 Å². The first kappa shape index (κ1) is 21.6. The fourth-order valence-electron chi connectivity index (χ4n) is 2.01. The van der Waals surface area contributed by atoms with Crippen LogP contribution in [0.2, 0.25) is 10.0 Å². The molecule has 0 heterocycles. The fraction of sp³-hybridized carbons (Fsp3) is 0.222. The lowest BCUT2D eigenvalue weighted by Gasteiger charge is -2.11. The van der Waals surface area contributed by atoms with Crippen LogP contribution in [0.4, 0.5) is 5.69 Å². The minimum Gasteiger partial charge on any atom is -0.493 e. The Kier molecular flexibility index (Phi) is 9.00. The third-order valence-electron chi connectivity index (χ3n) is 3.24. The van der Waals surface area contributed by atoms with Gasteiger partial charge in [0.05, 0.1) is 29.5 Å². The number of nitrogens with one attached hydrogen (secondary N) is 2. The predicted octanol–water partition coefficient (Wildman–Crippen LogP) is 4.63. The zero-order valence-electron chi connectivity index (χ0n) is 14.5. The average Bonchev–Trinajstić information content (AvgIpc) is 2.67. The molecule has 2 aromatic carbocycles. The molecule has 0 unspecified atom stereocenters. The molecule has 0 atom stereocenters. The van der Waals surface area contributed by atoms with Gasteiger partial charge < -0.3 is 20.1 Å². The third-order valence-corrected chi connectivity index (χ3v) is 5.29. The third kappa shape index (κ3) is 7.46. The maximum absolute atomic E-state index is 12.0. The van der Waals surface area contributed by atoms with E-state index in [9.17, 15) is 4.79 Å². The number of amides is 1. The summed E-state index contributed by atoms with van der Waals surface area (Å²) in [7, 11) is 1.59. The number of anilines is 1. The van der Waals surface area contributed by atoms with Crippen molar-refractivity contribution < 1.29 is 14.3 Å². The van der Waals surface area contributed by atoms with Crippen molar-refractivity contribution in [1.29, 1.82) is 0 Å². The van der Waals surface area contributed by atoms with Crippen molar-refractivity contribution in [3.05, 3.63) is 52.5 Å². The van der Waals surface area contributed by atoms with Crippen LogP contribution in [0.5, 0.6) is 11.5 Å². The molecule has 0 bridgehead atoms. The molecule has 2 rings (SSSR count). The summed E-state index contributed by atoms with van der Waals surface area (Å²) in [4.78, 5) is 12.0. The number of ether oxygens (including phenoxy) is 2. The van der Waals surface area contributed by atoms with Gasteiger partial charge >= 0.3 is 0 Å². The number of methoxy groups -OCH3 is 1. The molecule has 0 aliphatic carbocycles. The van der Waals surface area contributed by atoms with E-state index in [0.717, 1.165) is 0 Å². The number of carbonyl (C=O) groups is 1. The largest absolute Gasteiger partial charge is 0.493 e. The Morgan fingerprint density at radius 1 is 1.15 bits per heavy atom. The summed E-state index contributed by atoms with van der Waals surface area (Å²) in [6.45, 7) is 0.925. The van der Waals surface area contributed by atoms with Crippen LogP contribution in [0, 0.1) is 0 Å². The summed E-state index contributed by atoms with van der Waals surface area (Å²) in [5.74, 6) is 1.34. The zero-order valence-corrected chi connectivity index (χ0v) is 17.6. The van der Waals surface area contributed by atoms with E-state index in [1.807, 2.05) is 24.3 Å². The van der Waals surface area contributed by atoms with Gasteiger partial charge in [-0.2, -0.15) is 0 Å². The Balaban J connectivity index is 1.65. The van der Waals surface area contributed by atoms with Gasteiger partial charge in [-0.25, -0.2) is 0 Å². The first-order chi connectivity index (χ1) is 13.0. The van der Waals surface area contributed by atoms with Gasteiger partial charge in [0.25, 0.3) is 0 Å². The zero-order chi connectivity index (χ0) is 19.6. The van der Waals surface area contributed by atoms with Crippen LogP contribution < -0.4 is 20.1 Å². The van der Waals surface area contributed by atoms with E-state index in [-0.39, 0.29) is 11.7 Å². The monoisotopic (exact) mass is 444 g/mol. The second-order valence-electron chi connectivity index (χ2n) is 5.18. The van der Waals surface area contributed by atoms with Crippen molar-refractivity contribution in [2.75, 3.05) is 31.3 Å². The molecule has 0 saturated heterocycles. The summed E-state index contributed by atoms with van der Waals surface area (Å²) >= 11 is 18.2. The Hall–Kier alpha value is -1.67. The van der Waals surface area contributed by atoms with Crippen LogP contribution in [-0.4, -0.2) is 36.2 Å². The standard InChI is InChI=1S/C18H18Cl2N2O3S2/c1-24-15-4-2-3-5-16(15)25-9-8-21-18(26)27-11-17(23)22-12-6-7-13(19)14(20)10-12/h2-7,10H,8-9,11H2,1H3,(H,21,26)(H,22,23). The van der Waals surface area contributed by atoms with Crippen LogP contribution in [0.1, 0.15) is 0 Å². The molecule has 2 N–H and O–H groups in total. The smallest absolute Gasteiger partial charge is 0.234 e. The summed E-state index contributed by atoms with van der Waals surface area (Å²) in [5.41, 5.74) is 0.582. The predicted molar refractivity (Wildman–Crippen MR) is 117 cm³/mol. The lowest BCUT2D eigenvalue weighted by molar-refractivity contribution is -0.113. The van der Waals surface area contributed by atoms with Gasteiger partial charge in [-0.3, -0.25) is 4.79 Å². The number of para-hydroxylation sites is 2. The fourth-order valence-corrected chi connectivity index (χ4v) is 3.12. The SMILES string of the molecule is COc1ccccc1OCCNC(=S)SCC(=O)Nc1ccc(Cl)c(Cl)c1. The number of halogens is 2. The van der Waals surface area contributed by atoms with Crippen molar-refractivity contribution in [3.63, 3.8) is 0 Å². The number of thiocarbonyl (C=S) groups is 1. The summed E-state index contributed by atoms with van der Waals surface area (Å²) in [6.07, 6.45) is 0. The van der Waals surface area contributed by atoms with E-state index in [1.54, 1.807) is 25.3 Å². The highest BCUT2D eigenvalue weighted by Crippen LogP contribution is 2.26. The van der Waals surface area contributed by atoms with E-state index >= 15 is 0 Å².